The summed E-state index contributed by atoms with van der Waals surface area (Å²) >= 11 is 0. The molecule has 0 spiro atoms. The monoisotopic (exact) mass is 202 g/mol. The molecule has 1 aromatic heterocycles. The van der Waals surface area contributed by atoms with E-state index in [-0.39, 0.29) is 0 Å². The maximum Gasteiger partial charge on any atom is 0.101 e. The number of hydrogen-bond donors (Lipinski definition) is 1. The van der Waals surface area contributed by atoms with Crippen LogP contribution < -0.4 is 5.73 Å². The first kappa shape index (κ1) is 9.93. The third-order valence-corrected chi connectivity index (χ3v) is 2.21. The number of nitrogens with zero attached hydrogens (tertiary/aromatic N) is 2. The maximum atomic E-state index is 4.50. The van der Waals surface area contributed by atoms with Gasteiger partial charge in [-0.2, -0.15) is 5.10 Å². The van der Waals surface area contributed by atoms with Gasteiger partial charge in [0.1, 0.15) is 6.04 Å². The Labute approximate surface area is 89.5 Å². The molecule has 1 aromatic carbocycles. The Hall–Kier alpha value is -1.61. The molecule has 15 heavy (non-hydrogen) atoms. The van der Waals surface area contributed by atoms with E-state index in [2.05, 4.69) is 29.9 Å². The Morgan fingerprint density at radius 3 is 2.67 bits per heavy atom. The van der Waals surface area contributed by atoms with Crippen molar-refractivity contribution in [2.75, 3.05) is 0 Å². The molecule has 1 atom stereocenters. The quantitative estimate of drug-likeness (QED) is 0.798. The zero-order valence-corrected chi connectivity index (χ0v) is 8.93. The number of rotatable bonds is 3. The fourth-order valence-electron chi connectivity index (χ4n) is 1.55. The number of benzene rings is 1. The average Bonchev–Trinajstić information content (AvgIpc) is 2.67. The molecule has 0 amide bonds. The second kappa shape index (κ2) is 4.28. The molecule has 78 valence electrons. The van der Waals surface area contributed by atoms with Crippen molar-refractivity contribution in [3.63, 3.8) is 0 Å². The van der Waals surface area contributed by atoms with Crippen molar-refractivity contribution in [3.8, 4) is 11.3 Å². The molecule has 0 saturated heterocycles. The van der Waals surface area contributed by atoms with Crippen LogP contribution in [0.25, 0.3) is 11.3 Å². The lowest BCUT2D eigenvalue weighted by atomic mass is 10.2. The summed E-state index contributed by atoms with van der Waals surface area (Å²) in [6, 6.07) is 12.6. The van der Waals surface area contributed by atoms with Gasteiger partial charge in [0.15, 0.2) is 0 Å². The lowest BCUT2D eigenvalue weighted by molar-refractivity contribution is -0.417. The van der Waals surface area contributed by atoms with E-state index in [4.69, 9.17) is 0 Å². The van der Waals surface area contributed by atoms with E-state index >= 15 is 0 Å². The smallest absolute Gasteiger partial charge is 0.101 e. The van der Waals surface area contributed by atoms with E-state index in [9.17, 15) is 0 Å². The van der Waals surface area contributed by atoms with Gasteiger partial charge in [-0.05, 0) is 13.0 Å². The summed E-state index contributed by atoms with van der Waals surface area (Å²) in [5.74, 6) is 0. The summed E-state index contributed by atoms with van der Waals surface area (Å²) in [7, 11) is 0. The number of quaternary nitrogens is 1. The van der Waals surface area contributed by atoms with Gasteiger partial charge in [-0.15, -0.1) is 0 Å². The lowest BCUT2D eigenvalue weighted by Gasteiger charge is -2.01. The van der Waals surface area contributed by atoms with Crippen LogP contribution >= 0.6 is 0 Å². The van der Waals surface area contributed by atoms with Gasteiger partial charge in [0.2, 0.25) is 0 Å². The molecule has 2 rings (SSSR count). The SMILES string of the molecule is C[C@@H]([NH3+])Cn1ccc(-c2ccccc2)n1. The Morgan fingerprint density at radius 2 is 2.00 bits per heavy atom. The Morgan fingerprint density at radius 1 is 1.27 bits per heavy atom. The molecule has 0 aliphatic rings. The van der Waals surface area contributed by atoms with Gasteiger partial charge >= 0.3 is 0 Å². The van der Waals surface area contributed by atoms with Crippen LogP contribution in [0.15, 0.2) is 42.6 Å². The van der Waals surface area contributed by atoms with Gasteiger partial charge in [0.05, 0.1) is 12.2 Å². The molecular weight excluding hydrogens is 186 g/mol. The highest BCUT2D eigenvalue weighted by molar-refractivity contribution is 5.57. The fraction of sp³-hybridized carbons (Fsp3) is 0.250. The predicted molar refractivity (Wildman–Crippen MR) is 60.0 cm³/mol. The molecule has 0 fully saturated rings. The van der Waals surface area contributed by atoms with Crippen molar-refractivity contribution >= 4 is 0 Å². The van der Waals surface area contributed by atoms with E-state index in [1.807, 2.05) is 35.1 Å². The molecule has 0 bridgehead atoms. The predicted octanol–water partition coefficient (Wildman–Crippen LogP) is 1.18. The Bertz CT molecular complexity index is 417. The highest BCUT2D eigenvalue weighted by Crippen LogP contribution is 2.15. The van der Waals surface area contributed by atoms with Gasteiger partial charge in [-0.25, -0.2) is 0 Å². The zero-order valence-electron chi connectivity index (χ0n) is 8.93. The van der Waals surface area contributed by atoms with Crippen LogP contribution in [0.3, 0.4) is 0 Å². The Kier molecular flexibility index (Phi) is 2.83. The molecule has 0 unspecified atom stereocenters. The van der Waals surface area contributed by atoms with Crippen LogP contribution in [0.5, 0.6) is 0 Å². The largest absolute Gasteiger partial charge is 0.354 e. The van der Waals surface area contributed by atoms with Gasteiger partial charge in [0, 0.05) is 11.8 Å². The lowest BCUT2D eigenvalue weighted by Crippen LogP contribution is -2.60. The van der Waals surface area contributed by atoms with E-state index in [1.165, 1.54) is 0 Å². The number of aromatic nitrogens is 2. The fourth-order valence-corrected chi connectivity index (χ4v) is 1.55. The van der Waals surface area contributed by atoms with Crippen molar-refractivity contribution < 1.29 is 5.73 Å². The third-order valence-electron chi connectivity index (χ3n) is 2.21. The summed E-state index contributed by atoms with van der Waals surface area (Å²) in [5.41, 5.74) is 6.14. The molecular formula is C12H16N3+. The third kappa shape index (κ3) is 2.44. The first-order valence-corrected chi connectivity index (χ1v) is 5.17. The highest BCUT2D eigenvalue weighted by atomic mass is 15.3. The van der Waals surface area contributed by atoms with Gasteiger partial charge in [0.25, 0.3) is 0 Å². The normalized spacial score (nSPS) is 12.7. The van der Waals surface area contributed by atoms with Crippen LogP contribution in [0.2, 0.25) is 0 Å². The van der Waals surface area contributed by atoms with E-state index in [0.717, 1.165) is 17.8 Å². The van der Waals surface area contributed by atoms with Crippen molar-refractivity contribution in [2.45, 2.75) is 19.5 Å². The molecule has 1 heterocycles. The van der Waals surface area contributed by atoms with Crippen LogP contribution in [0, 0.1) is 0 Å². The zero-order chi connectivity index (χ0) is 10.7. The average molecular weight is 202 g/mol. The summed E-state index contributed by atoms with van der Waals surface area (Å²) in [4.78, 5) is 0. The molecule has 0 saturated carbocycles. The second-order valence-electron chi connectivity index (χ2n) is 3.89. The minimum atomic E-state index is 0.383. The van der Waals surface area contributed by atoms with E-state index in [1.54, 1.807) is 0 Å². The molecule has 3 nitrogen and oxygen atoms in total. The standard InChI is InChI=1S/C12H15N3/c1-10(13)9-15-8-7-12(14-15)11-5-3-2-4-6-11/h2-8,10H,9,13H2,1H3/p+1/t10-/m1/s1. The Balaban J connectivity index is 2.21. The summed E-state index contributed by atoms with van der Waals surface area (Å²) in [5, 5.41) is 4.50. The van der Waals surface area contributed by atoms with Crippen molar-refractivity contribution in [2.24, 2.45) is 0 Å². The highest BCUT2D eigenvalue weighted by Gasteiger charge is 2.03. The number of hydrogen-bond acceptors (Lipinski definition) is 1. The first-order chi connectivity index (χ1) is 7.25. The van der Waals surface area contributed by atoms with Crippen molar-refractivity contribution in [1.82, 2.24) is 9.78 Å². The van der Waals surface area contributed by atoms with Gasteiger partial charge in [-0.1, -0.05) is 30.3 Å². The molecule has 0 aliphatic heterocycles. The van der Waals surface area contributed by atoms with E-state index < -0.39 is 0 Å². The van der Waals surface area contributed by atoms with Crippen LogP contribution in [-0.4, -0.2) is 15.8 Å². The van der Waals surface area contributed by atoms with Crippen molar-refractivity contribution in [3.05, 3.63) is 42.6 Å². The van der Waals surface area contributed by atoms with Gasteiger partial charge < -0.3 is 5.73 Å². The molecule has 3 N–H and O–H groups in total. The van der Waals surface area contributed by atoms with Gasteiger partial charge in [-0.3, -0.25) is 4.68 Å². The molecule has 0 aliphatic carbocycles. The topological polar surface area (TPSA) is 45.5 Å². The molecule has 3 heteroatoms. The summed E-state index contributed by atoms with van der Waals surface area (Å²) in [6.07, 6.45) is 2.00. The second-order valence-corrected chi connectivity index (χ2v) is 3.89. The minimum Gasteiger partial charge on any atom is -0.354 e. The van der Waals surface area contributed by atoms with Crippen molar-refractivity contribution in [1.29, 1.82) is 0 Å². The summed E-state index contributed by atoms with van der Waals surface area (Å²) in [6.45, 7) is 2.96. The maximum absolute atomic E-state index is 4.50. The van der Waals surface area contributed by atoms with Crippen LogP contribution in [0.4, 0.5) is 0 Å². The van der Waals surface area contributed by atoms with Crippen LogP contribution in [0.1, 0.15) is 6.92 Å². The summed E-state index contributed by atoms with van der Waals surface area (Å²) < 4.78 is 1.94. The molecule has 2 aromatic rings. The van der Waals surface area contributed by atoms with E-state index in [0.29, 0.717) is 6.04 Å². The first-order valence-electron chi connectivity index (χ1n) is 5.17. The minimum absolute atomic E-state index is 0.383. The van der Waals surface area contributed by atoms with Crippen LogP contribution in [-0.2, 0) is 6.54 Å². The molecule has 0 radical (unpaired) electrons.